The number of nitrogens with one attached hydrogen (secondary N) is 1. The Morgan fingerprint density at radius 3 is 2.48 bits per heavy atom. The van der Waals surface area contributed by atoms with Gasteiger partial charge in [0.25, 0.3) is 12.2 Å². The number of benzene rings is 1. The van der Waals surface area contributed by atoms with Crippen molar-refractivity contribution in [3.8, 4) is 11.5 Å². The van der Waals surface area contributed by atoms with Crippen LogP contribution >= 0.6 is 0 Å². The maximum absolute atomic E-state index is 12.5. The summed E-state index contributed by atoms with van der Waals surface area (Å²) >= 11 is 0. The number of carbonyl (C=O) groups excluding carboxylic acids is 1. The number of carbonyl (C=O) groups is 1. The van der Waals surface area contributed by atoms with Gasteiger partial charge in [0.1, 0.15) is 0 Å². The van der Waals surface area contributed by atoms with Gasteiger partial charge in [0.05, 0.1) is 6.54 Å². The monoisotopic (exact) mass is 381 g/mol. The molecule has 0 aromatic heterocycles. The van der Waals surface area contributed by atoms with Gasteiger partial charge < -0.3 is 19.7 Å². The van der Waals surface area contributed by atoms with Crippen LogP contribution in [0.1, 0.15) is 32.1 Å². The van der Waals surface area contributed by atoms with Gasteiger partial charge in [-0.2, -0.15) is 0 Å². The summed E-state index contributed by atoms with van der Waals surface area (Å²) in [4.78, 5) is 15.8. The second kappa shape index (κ2) is 7.50. The zero-order chi connectivity index (χ0) is 18.9. The standard InChI is InChI=1S/C19H25F2N3O3/c20-17(21)13-23-8-10-24(11-9-23)18(25)22-14-4-5-15-16(12-14)27-19(26-15)6-2-1-3-7-19/h4-5,12,17H,1-3,6-11,13H2,(H,22,25). The Hall–Kier alpha value is -2.09. The van der Waals surface area contributed by atoms with Crippen LogP contribution in [0.15, 0.2) is 18.2 Å². The molecule has 8 heteroatoms. The molecule has 3 aliphatic rings. The van der Waals surface area contributed by atoms with E-state index in [1.807, 2.05) is 6.07 Å². The molecule has 2 aliphatic heterocycles. The lowest BCUT2D eigenvalue weighted by Crippen LogP contribution is -2.50. The number of hydrogen-bond acceptors (Lipinski definition) is 4. The van der Waals surface area contributed by atoms with Crippen molar-refractivity contribution in [2.45, 2.75) is 44.3 Å². The Morgan fingerprint density at radius 2 is 1.78 bits per heavy atom. The number of nitrogens with zero attached hydrogens (tertiary/aromatic N) is 2. The SMILES string of the molecule is O=C(Nc1ccc2c(c1)OC1(CCCCC1)O2)N1CCN(CC(F)F)CC1. The molecule has 1 N–H and O–H groups in total. The fourth-order valence-corrected chi connectivity index (χ4v) is 4.00. The van der Waals surface area contributed by atoms with E-state index in [9.17, 15) is 13.6 Å². The summed E-state index contributed by atoms with van der Waals surface area (Å²) in [6.07, 6.45) is 2.81. The Kier molecular flexibility index (Phi) is 5.08. The molecule has 1 aromatic carbocycles. The van der Waals surface area contributed by atoms with E-state index < -0.39 is 12.2 Å². The van der Waals surface area contributed by atoms with Crippen LogP contribution in [0.3, 0.4) is 0 Å². The predicted octanol–water partition coefficient (Wildman–Crippen LogP) is 3.53. The van der Waals surface area contributed by atoms with Gasteiger partial charge in [-0.25, -0.2) is 13.6 Å². The van der Waals surface area contributed by atoms with Crippen LogP contribution in [0, 0.1) is 0 Å². The van der Waals surface area contributed by atoms with E-state index in [2.05, 4.69) is 5.32 Å². The fraction of sp³-hybridized carbons (Fsp3) is 0.632. The minimum atomic E-state index is -2.34. The number of rotatable bonds is 3. The molecule has 0 unspecified atom stereocenters. The summed E-state index contributed by atoms with van der Waals surface area (Å²) < 4.78 is 37.0. The number of halogens is 2. The van der Waals surface area contributed by atoms with Crippen molar-refractivity contribution >= 4 is 11.7 Å². The number of hydrogen-bond donors (Lipinski definition) is 1. The van der Waals surface area contributed by atoms with Crippen LogP contribution in [0.5, 0.6) is 11.5 Å². The molecule has 0 radical (unpaired) electrons. The predicted molar refractivity (Wildman–Crippen MR) is 96.5 cm³/mol. The van der Waals surface area contributed by atoms with Gasteiger partial charge in [-0.3, -0.25) is 4.90 Å². The highest BCUT2D eigenvalue weighted by molar-refractivity contribution is 5.89. The molecule has 0 bridgehead atoms. The summed E-state index contributed by atoms with van der Waals surface area (Å²) in [5.41, 5.74) is 0.644. The van der Waals surface area contributed by atoms with Crippen molar-refractivity contribution in [1.29, 1.82) is 0 Å². The topological polar surface area (TPSA) is 54.0 Å². The highest BCUT2D eigenvalue weighted by atomic mass is 19.3. The van der Waals surface area contributed by atoms with E-state index in [-0.39, 0.29) is 12.6 Å². The molecule has 0 atom stereocenters. The fourth-order valence-electron chi connectivity index (χ4n) is 4.00. The van der Waals surface area contributed by atoms with E-state index in [0.29, 0.717) is 37.6 Å². The van der Waals surface area contributed by atoms with Crippen LogP contribution < -0.4 is 14.8 Å². The Morgan fingerprint density at radius 1 is 1.07 bits per heavy atom. The lowest BCUT2D eigenvalue weighted by atomic mass is 9.94. The largest absolute Gasteiger partial charge is 0.448 e. The minimum Gasteiger partial charge on any atom is -0.448 e. The molecule has 4 rings (SSSR count). The highest BCUT2D eigenvalue weighted by Gasteiger charge is 2.42. The molecular formula is C19H25F2N3O3. The third kappa shape index (κ3) is 4.10. The van der Waals surface area contributed by atoms with Crippen molar-refractivity contribution in [2.75, 3.05) is 38.0 Å². The molecule has 6 nitrogen and oxygen atoms in total. The molecule has 1 spiro atoms. The van der Waals surface area contributed by atoms with Crippen LogP contribution in [-0.2, 0) is 0 Å². The molecule has 1 saturated carbocycles. The minimum absolute atomic E-state index is 0.224. The second-order valence-electron chi connectivity index (χ2n) is 7.45. The summed E-state index contributed by atoms with van der Waals surface area (Å²) in [6, 6.07) is 5.20. The maximum Gasteiger partial charge on any atom is 0.321 e. The molecule has 148 valence electrons. The molecule has 2 fully saturated rings. The number of piperazine rings is 1. The van der Waals surface area contributed by atoms with Gasteiger partial charge in [-0.1, -0.05) is 6.42 Å². The summed E-state index contributed by atoms with van der Waals surface area (Å²) in [5, 5.41) is 2.87. The van der Waals surface area contributed by atoms with Crippen molar-refractivity contribution < 1.29 is 23.0 Å². The quantitative estimate of drug-likeness (QED) is 0.870. The van der Waals surface area contributed by atoms with Gasteiger partial charge in [0.2, 0.25) is 0 Å². The molecule has 1 saturated heterocycles. The normalized spacial score (nSPS) is 21.7. The smallest absolute Gasteiger partial charge is 0.321 e. The Labute approximate surface area is 157 Å². The number of alkyl halides is 2. The summed E-state index contributed by atoms with van der Waals surface area (Å²) in [6.45, 7) is 1.56. The molecule has 27 heavy (non-hydrogen) atoms. The summed E-state index contributed by atoms with van der Waals surface area (Å²) in [5.74, 6) is 0.844. The molecule has 1 aromatic rings. The lowest BCUT2D eigenvalue weighted by Gasteiger charge is -2.34. The van der Waals surface area contributed by atoms with Gasteiger partial charge in [0, 0.05) is 50.8 Å². The average Bonchev–Trinajstić information content (AvgIpc) is 2.99. The van der Waals surface area contributed by atoms with E-state index >= 15 is 0 Å². The van der Waals surface area contributed by atoms with E-state index in [4.69, 9.17) is 9.47 Å². The van der Waals surface area contributed by atoms with Crippen LogP contribution in [0.4, 0.5) is 19.3 Å². The van der Waals surface area contributed by atoms with Gasteiger partial charge in [0.15, 0.2) is 11.5 Å². The number of anilines is 1. The molecule has 2 heterocycles. The first-order chi connectivity index (χ1) is 13.0. The van der Waals surface area contributed by atoms with E-state index in [1.165, 1.54) is 6.42 Å². The third-order valence-electron chi connectivity index (χ3n) is 5.46. The van der Waals surface area contributed by atoms with Gasteiger partial charge in [-0.15, -0.1) is 0 Å². The highest BCUT2D eigenvalue weighted by Crippen LogP contribution is 2.46. The van der Waals surface area contributed by atoms with Crippen LogP contribution in [0.25, 0.3) is 0 Å². The van der Waals surface area contributed by atoms with Crippen LogP contribution in [-0.4, -0.2) is 60.8 Å². The summed E-state index contributed by atoms with van der Waals surface area (Å²) in [7, 11) is 0. The number of fused-ring (bicyclic) bond motifs is 1. The Bertz CT molecular complexity index is 687. The molecule has 2 amide bonds. The zero-order valence-electron chi connectivity index (χ0n) is 15.3. The van der Waals surface area contributed by atoms with Crippen molar-refractivity contribution in [3.63, 3.8) is 0 Å². The lowest BCUT2D eigenvalue weighted by molar-refractivity contribution is -0.105. The first-order valence-electron chi connectivity index (χ1n) is 9.62. The van der Waals surface area contributed by atoms with E-state index in [1.54, 1.807) is 21.9 Å². The average molecular weight is 381 g/mol. The first kappa shape index (κ1) is 18.3. The van der Waals surface area contributed by atoms with Crippen molar-refractivity contribution in [3.05, 3.63) is 18.2 Å². The molecule has 1 aliphatic carbocycles. The zero-order valence-corrected chi connectivity index (χ0v) is 15.3. The number of amides is 2. The molecular weight excluding hydrogens is 356 g/mol. The second-order valence-corrected chi connectivity index (χ2v) is 7.45. The Balaban J connectivity index is 1.33. The van der Waals surface area contributed by atoms with Gasteiger partial charge in [-0.05, 0) is 25.0 Å². The number of urea groups is 1. The van der Waals surface area contributed by atoms with Crippen molar-refractivity contribution in [2.24, 2.45) is 0 Å². The van der Waals surface area contributed by atoms with E-state index in [0.717, 1.165) is 31.4 Å². The van der Waals surface area contributed by atoms with Crippen LogP contribution in [0.2, 0.25) is 0 Å². The maximum atomic E-state index is 12.5. The third-order valence-corrected chi connectivity index (χ3v) is 5.46. The van der Waals surface area contributed by atoms with Gasteiger partial charge >= 0.3 is 6.03 Å². The first-order valence-corrected chi connectivity index (χ1v) is 9.62. The van der Waals surface area contributed by atoms with Crippen molar-refractivity contribution in [1.82, 2.24) is 9.80 Å². The number of ether oxygens (including phenoxy) is 2.